The zero-order valence-electron chi connectivity index (χ0n) is 17.0. The molecule has 0 aliphatic carbocycles. The summed E-state index contributed by atoms with van der Waals surface area (Å²) in [7, 11) is 4.28. The van der Waals surface area contributed by atoms with Crippen molar-refractivity contribution in [3.05, 3.63) is 46.2 Å². The van der Waals surface area contributed by atoms with Crippen molar-refractivity contribution in [1.82, 2.24) is 24.9 Å². The number of hydrogen-bond donors (Lipinski definition) is 1. The van der Waals surface area contributed by atoms with E-state index in [-0.39, 0.29) is 0 Å². The van der Waals surface area contributed by atoms with E-state index in [0.717, 1.165) is 29.5 Å². The van der Waals surface area contributed by atoms with Gasteiger partial charge in [-0.15, -0.1) is 0 Å². The van der Waals surface area contributed by atoms with E-state index in [1.165, 1.54) is 43.7 Å². The molecule has 1 aromatic heterocycles. The van der Waals surface area contributed by atoms with Gasteiger partial charge in [0.1, 0.15) is 0 Å². The lowest BCUT2D eigenvalue weighted by molar-refractivity contribution is 0.182. The Labute approximate surface area is 168 Å². The first kappa shape index (κ1) is 20.3. The third-order valence-corrected chi connectivity index (χ3v) is 5.78. The topological polar surface area (TPSA) is 36.3 Å². The maximum absolute atomic E-state index is 6.01. The Morgan fingerprint density at radius 1 is 1.15 bits per heavy atom. The molecule has 1 saturated heterocycles. The summed E-state index contributed by atoms with van der Waals surface area (Å²) in [6.45, 7) is 9.82. The molecule has 0 spiro atoms. The van der Waals surface area contributed by atoms with E-state index in [1.807, 2.05) is 28.9 Å². The molecule has 148 valence electrons. The maximum Gasteiger partial charge on any atom is 0.0649 e. The minimum absolute atomic E-state index is 0.596. The summed E-state index contributed by atoms with van der Waals surface area (Å²) >= 11 is 6.01. The van der Waals surface area contributed by atoms with Crippen LogP contribution in [0.1, 0.15) is 29.8 Å². The molecule has 2 heterocycles. The van der Waals surface area contributed by atoms with E-state index in [0.29, 0.717) is 6.04 Å². The number of aryl methyl sites for hydroxylation is 1. The molecule has 1 aliphatic heterocycles. The average molecular weight is 390 g/mol. The monoisotopic (exact) mass is 389 g/mol. The largest absolute Gasteiger partial charge is 0.310 e. The Balaban J connectivity index is 1.55. The minimum atomic E-state index is 0.596. The van der Waals surface area contributed by atoms with E-state index >= 15 is 0 Å². The fourth-order valence-corrected chi connectivity index (χ4v) is 3.84. The Hall–Kier alpha value is -1.40. The van der Waals surface area contributed by atoms with Crippen LogP contribution >= 0.6 is 11.6 Å². The van der Waals surface area contributed by atoms with Crippen LogP contribution in [0.5, 0.6) is 0 Å². The van der Waals surface area contributed by atoms with Crippen LogP contribution in [0.2, 0.25) is 5.02 Å². The van der Waals surface area contributed by atoms with Crippen molar-refractivity contribution >= 4 is 11.6 Å². The molecule has 3 rings (SSSR count). The van der Waals surface area contributed by atoms with Gasteiger partial charge in [0.25, 0.3) is 0 Å². The summed E-state index contributed by atoms with van der Waals surface area (Å²) in [4.78, 5) is 4.83. The van der Waals surface area contributed by atoms with Crippen LogP contribution in [0.15, 0.2) is 24.3 Å². The summed E-state index contributed by atoms with van der Waals surface area (Å²) in [6.07, 6.45) is 2.44. The van der Waals surface area contributed by atoms with Gasteiger partial charge < -0.3 is 15.1 Å². The van der Waals surface area contributed by atoms with Crippen LogP contribution in [0.4, 0.5) is 0 Å². The van der Waals surface area contributed by atoms with E-state index in [2.05, 4.69) is 43.1 Å². The molecular formula is C21H32ClN5. The van der Waals surface area contributed by atoms with Crippen LogP contribution in [0.25, 0.3) is 5.69 Å². The number of likely N-dealkylation sites (N-methyl/N-ethyl adjacent to an activating group) is 1. The van der Waals surface area contributed by atoms with E-state index in [4.69, 9.17) is 16.7 Å². The number of benzene rings is 1. The SMILES string of the molecule is Cc1nn(-c2ccc(Cl)cc2)c(C)c1CNC1CCN(CCN(C)C)CC1. The quantitative estimate of drug-likeness (QED) is 0.788. The molecule has 1 aromatic carbocycles. The van der Waals surface area contributed by atoms with Gasteiger partial charge in [0.05, 0.1) is 11.4 Å². The van der Waals surface area contributed by atoms with Gasteiger partial charge in [-0.2, -0.15) is 5.10 Å². The van der Waals surface area contributed by atoms with Gasteiger partial charge in [-0.3, -0.25) is 0 Å². The van der Waals surface area contributed by atoms with E-state index in [9.17, 15) is 0 Å². The second-order valence-electron chi connectivity index (χ2n) is 7.84. The average Bonchev–Trinajstić information content (AvgIpc) is 2.94. The molecule has 1 aliphatic rings. The summed E-state index contributed by atoms with van der Waals surface area (Å²) < 4.78 is 2.02. The second kappa shape index (κ2) is 9.20. The molecule has 0 unspecified atom stereocenters. The first-order valence-electron chi connectivity index (χ1n) is 9.85. The van der Waals surface area contributed by atoms with Gasteiger partial charge in [-0.1, -0.05) is 11.6 Å². The van der Waals surface area contributed by atoms with Crippen LogP contribution < -0.4 is 5.32 Å². The molecule has 0 saturated carbocycles. The summed E-state index contributed by atoms with van der Waals surface area (Å²) in [5.74, 6) is 0. The molecule has 0 amide bonds. The Bertz CT molecular complexity index is 730. The Kier molecular flexibility index (Phi) is 6.93. The first-order chi connectivity index (χ1) is 12.9. The maximum atomic E-state index is 6.01. The van der Waals surface area contributed by atoms with Crippen molar-refractivity contribution in [2.24, 2.45) is 0 Å². The molecule has 0 atom stereocenters. The highest BCUT2D eigenvalue weighted by atomic mass is 35.5. The number of halogens is 1. The Morgan fingerprint density at radius 3 is 2.44 bits per heavy atom. The van der Waals surface area contributed by atoms with Gasteiger partial charge in [0.15, 0.2) is 0 Å². The van der Waals surface area contributed by atoms with Crippen molar-refractivity contribution in [2.45, 2.75) is 39.3 Å². The van der Waals surface area contributed by atoms with Crippen LogP contribution in [0.3, 0.4) is 0 Å². The fraction of sp³-hybridized carbons (Fsp3) is 0.571. The fourth-order valence-electron chi connectivity index (χ4n) is 3.71. The molecule has 1 N–H and O–H groups in total. The van der Waals surface area contributed by atoms with Crippen LogP contribution in [-0.2, 0) is 6.54 Å². The number of aromatic nitrogens is 2. The number of nitrogens with zero attached hydrogens (tertiary/aromatic N) is 4. The highest BCUT2D eigenvalue weighted by Gasteiger charge is 2.20. The van der Waals surface area contributed by atoms with Gasteiger partial charge in [0.2, 0.25) is 0 Å². The van der Waals surface area contributed by atoms with Crippen molar-refractivity contribution in [1.29, 1.82) is 0 Å². The molecule has 0 radical (unpaired) electrons. The number of likely N-dealkylation sites (tertiary alicyclic amines) is 1. The molecule has 27 heavy (non-hydrogen) atoms. The lowest BCUT2D eigenvalue weighted by Crippen LogP contribution is -2.44. The predicted molar refractivity (Wildman–Crippen MR) is 113 cm³/mol. The molecule has 5 nitrogen and oxygen atoms in total. The lowest BCUT2D eigenvalue weighted by atomic mass is 10.0. The third kappa shape index (κ3) is 5.32. The normalized spacial score (nSPS) is 16.4. The summed E-state index contributed by atoms with van der Waals surface area (Å²) in [5.41, 5.74) is 4.66. The highest BCUT2D eigenvalue weighted by molar-refractivity contribution is 6.30. The van der Waals surface area contributed by atoms with Crippen LogP contribution in [0, 0.1) is 13.8 Å². The third-order valence-electron chi connectivity index (χ3n) is 5.53. The summed E-state index contributed by atoms with van der Waals surface area (Å²) in [6, 6.07) is 8.45. The van der Waals surface area contributed by atoms with Gasteiger partial charge >= 0.3 is 0 Å². The number of nitrogens with one attached hydrogen (secondary N) is 1. The number of hydrogen-bond acceptors (Lipinski definition) is 4. The highest BCUT2D eigenvalue weighted by Crippen LogP contribution is 2.20. The van der Waals surface area contributed by atoms with Gasteiger partial charge in [-0.05, 0) is 78.1 Å². The molecular weight excluding hydrogens is 358 g/mol. The van der Waals surface area contributed by atoms with E-state index < -0.39 is 0 Å². The number of piperidine rings is 1. The van der Waals surface area contributed by atoms with Crippen molar-refractivity contribution in [3.8, 4) is 5.69 Å². The van der Waals surface area contributed by atoms with E-state index in [1.54, 1.807) is 0 Å². The molecule has 1 fully saturated rings. The van der Waals surface area contributed by atoms with Gasteiger partial charge in [-0.25, -0.2) is 4.68 Å². The first-order valence-corrected chi connectivity index (χ1v) is 10.2. The van der Waals surface area contributed by atoms with Crippen molar-refractivity contribution in [3.63, 3.8) is 0 Å². The molecule has 2 aromatic rings. The summed E-state index contributed by atoms with van der Waals surface area (Å²) in [5, 5.41) is 9.26. The predicted octanol–water partition coefficient (Wildman–Crippen LogP) is 3.26. The minimum Gasteiger partial charge on any atom is -0.310 e. The molecule has 0 bridgehead atoms. The van der Waals surface area contributed by atoms with Crippen molar-refractivity contribution < 1.29 is 0 Å². The standard InChI is InChI=1S/C21H32ClN5/c1-16-21(17(2)27(24-16)20-7-5-18(22)6-8-20)15-23-19-9-11-26(12-10-19)14-13-25(3)4/h5-8,19,23H,9-15H2,1-4H3. The smallest absolute Gasteiger partial charge is 0.0649 e. The lowest BCUT2D eigenvalue weighted by Gasteiger charge is -2.33. The molecule has 6 heteroatoms. The van der Waals surface area contributed by atoms with Gasteiger partial charge in [0, 0.05) is 42.0 Å². The Morgan fingerprint density at radius 2 is 1.81 bits per heavy atom. The zero-order chi connectivity index (χ0) is 19.4. The van der Waals surface area contributed by atoms with Crippen LogP contribution in [-0.4, -0.2) is 65.9 Å². The second-order valence-corrected chi connectivity index (χ2v) is 8.27. The van der Waals surface area contributed by atoms with Crippen molar-refractivity contribution in [2.75, 3.05) is 40.3 Å². The number of rotatable bonds is 7. The zero-order valence-corrected chi connectivity index (χ0v) is 17.8.